The first-order valence-corrected chi connectivity index (χ1v) is 6.42. The number of nitrogens with two attached hydrogens (primary N) is 1. The topological polar surface area (TPSA) is 35.2 Å². The van der Waals surface area contributed by atoms with Crippen molar-refractivity contribution in [1.82, 2.24) is 0 Å². The summed E-state index contributed by atoms with van der Waals surface area (Å²) in [6, 6.07) is 8.19. The first-order valence-electron chi connectivity index (χ1n) is 6.42. The molecule has 2 rings (SSSR count). The first-order chi connectivity index (χ1) is 7.91. The van der Waals surface area contributed by atoms with Crippen molar-refractivity contribution >= 4 is 0 Å². The molecule has 17 heavy (non-hydrogen) atoms. The molecule has 94 valence electrons. The molecular formula is C15H23NO. The van der Waals surface area contributed by atoms with E-state index >= 15 is 0 Å². The summed E-state index contributed by atoms with van der Waals surface area (Å²) in [4.78, 5) is 0. The third kappa shape index (κ3) is 2.81. The second-order valence-corrected chi connectivity index (χ2v) is 6.31. The predicted molar refractivity (Wildman–Crippen MR) is 71.1 cm³/mol. The van der Waals surface area contributed by atoms with Crippen LogP contribution in [0, 0.1) is 5.41 Å². The molecule has 0 fully saturated rings. The van der Waals surface area contributed by atoms with Gasteiger partial charge in [-0.05, 0) is 24.3 Å². The SMILES string of the molecule is CC(C)(C)CCC1(N)CCOc2ccccc21. The van der Waals surface area contributed by atoms with Crippen molar-refractivity contribution < 1.29 is 4.74 Å². The average molecular weight is 233 g/mol. The summed E-state index contributed by atoms with van der Waals surface area (Å²) in [6.07, 6.45) is 3.08. The zero-order valence-corrected chi connectivity index (χ0v) is 11.1. The van der Waals surface area contributed by atoms with Gasteiger partial charge in [0.1, 0.15) is 5.75 Å². The van der Waals surface area contributed by atoms with Crippen molar-refractivity contribution in [2.45, 2.75) is 45.6 Å². The van der Waals surface area contributed by atoms with Crippen LogP contribution in [0.2, 0.25) is 0 Å². The van der Waals surface area contributed by atoms with E-state index < -0.39 is 0 Å². The Bertz CT molecular complexity index is 394. The predicted octanol–water partition coefficient (Wildman–Crippen LogP) is 3.45. The van der Waals surface area contributed by atoms with Gasteiger partial charge in [0, 0.05) is 17.5 Å². The van der Waals surface area contributed by atoms with Crippen LogP contribution in [0.4, 0.5) is 0 Å². The second-order valence-electron chi connectivity index (χ2n) is 6.31. The van der Waals surface area contributed by atoms with Crippen LogP contribution >= 0.6 is 0 Å². The number of hydrogen-bond acceptors (Lipinski definition) is 2. The highest BCUT2D eigenvalue weighted by Crippen LogP contribution is 2.39. The van der Waals surface area contributed by atoms with Gasteiger partial charge < -0.3 is 10.5 Å². The molecule has 0 bridgehead atoms. The number of benzene rings is 1. The van der Waals surface area contributed by atoms with Crippen molar-refractivity contribution in [3.63, 3.8) is 0 Å². The highest BCUT2D eigenvalue weighted by molar-refractivity contribution is 5.40. The maximum atomic E-state index is 6.60. The summed E-state index contributed by atoms with van der Waals surface area (Å²) in [5, 5.41) is 0. The third-order valence-electron chi connectivity index (χ3n) is 3.55. The van der Waals surface area contributed by atoms with Crippen molar-refractivity contribution in [2.75, 3.05) is 6.61 Å². The van der Waals surface area contributed by atoms with Gasteiger partial charge in [-0.2, -0.15) is 0 Å². The van der Waals surface area contributed by atoms with Crippen LogP contribution in [-0.4, -0.2) is 6.61 Å². The van der Waals surface area contributed by atoms with E-state index in [4.69, 9.17) is 10.5 Å². The fourth-order valence-electron chi connectivity index (χ4n) is 2.34. The highest BCUT2D eigenvalue weighted by Gasteiger charge is 2.34. The van der Waals surface area contributed by atoms with Crippen molar-refractivity contribution in [2.24, 2.45) is 11.1 Å². The highest BCUT2D eigenvalue weighted by atomic mass is 16.5. The van der Waals surface area contributed by atoms with Crippen molar-refractivity contribution in [3.8, 4) is 5.75 Å². The Morgan fingerprint density at radius 1 is 1.29 bits per heavy atom. The molecule has 1 aliphatic heterocycles. The summed E-state index contributed by atoms with van der Waals surface area (Å²) in [5.41, 5.74) is 7.90. The summed E-state index contributed by atoms with van der Waals surface area (Å²) in [6.45, 7) is 7.53. The maximum Gasteiger partial charge on any atom is 0.124 e. The van der Waals surface area contributed by atoms with Crippen LogP contribution in [0.1, 0.15) is 45.6 Å². The molecule has 1 aromatic rings. The van der Waals surface area contributed by atoms with Gasteiger partial charge in [-0.15, -0.1) is 0 Å². The smallest absolute Gasteiger partial charge is 0.124 e. The molecule has 1 heterocycles. The van der Waals surface area contributed by atoms with Gasteiger partial charge in [-0.3, -0.25) is 0 Å². The Morgan fingerprint density at radius 3 is 2.71 bits per heavy atom. The number of fused-ring (bicyclic) bond motifs is 1. The van der Waals surface area contributed by atoms with E-state index in [9.17, 15) is 0 Å². The molecule has 2 heteroatoms. The van der Waals surface area contributed by atoms with Gasteiger partial charge in [0.05, 0.1) is 6.61 Å². The lowest BCUT2D eigenvalue weighted by molar-refractivity contribution is 0.190. The molecule has 2 nitrogen and oxygen atoms in total. The summed E-state index contributed by atoms with van der Waals surface area (Å²) >= 11 is 0. The largest absolute Gasteiger partial charge is 0.493 e. The zero-order valence-electron chi connectivity index (χ0n) is 11.1. The van der Waals surface area contributed by atoms with Crippen LogP contribution in [0.3, 0.4) is 0 Å². The van der Waals surface area contributed by atoms with Crippen LogP contribution in [0.25, 0.3) is 0 Å². The van der Waals surface area contributed by atoms with E-state index in [0.29, 0.717) is 5.41 Å². The van der Waals surface area contributed by atoms with Crippen LogP contribution in [-0.2, 0) is 5.54 Å². The Balaban J connectivity index is 2.21. The molecule has 0 radical (unpaired) electrons. The minimum Gasteiger partial charge on any atom is -0.493 e. The van der Waals surface area contributed by atoms with E-state index in [2.05, 4.69) is 26.8 Å². The quantitative estimate of drug-likeness (QED) is 0.849. The number of ether oxygens (including phenoxy) is 1. The molecule has 0 spiro atoms. The average Bonchev–Trinajstić information content (AvgIpc) is 2.27. The van der Waals surface area contributed by atoms with Gasteiger partial charge in [0.25, 0.3) is 0 Å². The van der Waals surface area contributed by atoms with Crippen LogP contribution in [0.5, 0.6) is 5.75 Å². The van der Waals surface area contributed by atoms with Gasteiger partial charge in [0.15, 0.2) is 0 Å². The van der Waals surface area contributed by atoms with E-state index in [1.54, 1.807) is 0 Å². The molecule has 0 saturated carbocycles. The van der Waals surface area contributed by atoms with E-state index in [-0.39, 0.29) is 5.54 Å². The fourth-order valence-corrected chi connectivity index (χ4v) is 2.34. The lowest BCUT2D eigenvalue weighted by Gasteiger charge is -2.37. The summed E-state index contributed by atoms with van der Waals surface area (Å²) < 4.78 is 5.67. The fraction of sp³-hybridized carbons (Fsp3) is 0.600. The minimum absolute atomic E-state index is 0.206. The Kier molecular flexibility index (Phi) is 3.17. The minimum atomic E-state index is -0.206. The number of rotatable bonds is 2. The zero-order chi connectivity index (χ0) is 12.5. The maximum absolute atomic E-state index is 6.60. The molecule has 1 atom stereocenters. The van der Waals surface area contributed by atoms with Gasteiger partial charge in [0.2, 0.25) is 0 Å². The molecule has 0 aliphatic carbocycles. The lowest BCUT2D eigenvalue weighted by atomic mass is 9.77. The normalized spacial score (nSPS) is 24.0. The molecule has 0 aromatic heterocycles. The molecule has 1 unspecified atom stereocenters. The second kappa shape index (κ2) is 4.34. The Hall–Kier alpha value is -1.02. The summed E-state index contributed by atoms with van der Waals surface area (Å²) in [5.74, 6) is 0.968. The Morgan fingerprint density at radius 2 is 2.00 bits per heavy atom. The summed E-state index contributed by atoms with van der Waals surface area (Å²) in [7, 11) is 0. The van der Waals surface area contributed by atoms with Crippen molar-refractivity contribution in [1.29, 1.82) is 0 Å². The molecule has 0 saturated heterocycles. The van der Waals surface area contributed by atoms with Gasteiger partial charge >= 0.3 is 0 Å². The standard InChI is InChI=1S/C15H23NO/c1-14(2,3)8-9-15(16)10-11-17-13-7-5-4-6-12(13)15/h4-7H,8-11,16H2,1-3H3. The van der Waals surface area contributed by atoms with Crippen molar-refractivity contribution in [3.05, 3.63) is 29.8 Å². The molecule has 2 N–H and O–H groups in total. The molecule has 1 aromatic carbocycles. The Labute approximate surface area is 104 Å². The first kappa shape index (κ1) is 12.4. The van der Waals surface area contributed by atoms with Gasteiger partial charge in [-0.1, -0.05) is 39.0 Å². The monoisotopic (exact) mass is 233 g/mol. The van der Waals surface area contributed by atoms with E-state index in [1.807, 2.05) is 18.2 Å². The van der Waals surface area contributed by atoms with Gasteiger partial charge in [-0.25, -0.2) is 0 Å². The number of para-hydroxylation sites is 1. The van der Waals surface area contributed by atoms with E-state index in [1.165, 1.54) is 5.56 Å². The van der Waals surface area contributed by atoms with Crippen LogP contribution in [0.15, 0.2) is 24.3 Å². The lowest BCUT2D eigenvalue weighted by Crippen LogP contribution is -2.42. The number of hydrogen-bond donors (Lipinski definition) is 1. The molecule has 0 amide bonds. The molecular weight excluding hydrogens is 210 g/mol. The molecule has 1 aliphatic rings. The van der Waals surface area contributed by atoms with E-state index in [0.717, 1.165) is 31.6 Å². The van der Waals surface area contributed by atoms with Crippen LogP contribution < -0.4 is 10.5 Å². The third-order valence-corrected chi connectivity index (χ3v) is 3.55.